The summed E-state index contributed by atoms with van der Waals surface area (Å²) in [6.07, 6.45) is 3.07. The molecule has 0 aromatic heterocycles. The third-order valence-electron chi connectivity index (χ3n) is 2.46. The first-order chi connectivity index (χ1) is 5.61. The largest absolute Gasteiger partial charge is 0.248 e. The van der Waals surface area contributed by atoms with Crippen LogP contribution in [0.15, 0.2) is 0 Å². The Morgan fingerprint density at radius 1 is 1.17 bits per heavy atom. The van der Waals surface area contributed by atoms with Crippen LogP contribution < -0.4 is 0 Å². The van der Waals surface area contributed by atoms with Gasteiger partial charge in [0.1, 0.15) is 0 Å². The van der Waals surface area contributed by atoms with E-state index in [1.54, 1.807) is 0 Å². The van der Waals surface area contributed by atoms with E-state index in [0.29, 0.717) is 10.3 Å². The standard InChI is InChI=1S/C10H20FI/c1-4-8(3)10(12)7-6-9(11)5-2/h8-10H,4-7H2,1-3H3/t8-,9-,10?/m1/s1. The van der Waals surface area contributed by atoms with Gasteiger partial charge >= 0.3 is 0 Å². The third kappa shape index (κ3) is 5.33. The summed E-state index contributed by atoms with van der Waals surface area (Å²) in [6, 6.07) is 0. The van der Waals surface area contributed by atoms with Gasteiger partial charge in [-0.15, -0.1) is 0 Å². The molecule has 0 N–H and O–H groups in total. The first-order valence-corrected chi connectivity index (χ1v) is 6.14. The van der Waals surface area contributed by atoms with Crippen LogP contribution in [0.25, 0.3) is 0 Å². The quantitative estimate of drug-likeness (QED) is 0.502. The lowest BCUT2D eigenvalue weighted by molar-refractivity contribution is 0.294. The van der Waals surface area contributed by atoms with Gasteiger partial charge in [0.05, 0.1) is 6.17 Å². The molecule has 0 amide bonds. The van der Waals surface area contributed by atoms with Gasteiger partial charge in [-0.3, -0.25) is 0 Å². The molecule has 12 heavy (non-hydrogen) atoms. The Morgan fingerprint density at radius 2 is 1.75 bits per heavy atom. The molecular formula is C10H20FI. The summed E-state index contributed by atoms with van der Waals surface area (Å²) >= 11 is 2.45. The Hall–Kier alpha value is 0.660. The van der Waals surface area contributed by atoms with Crippen LogP contribution in [0, 0.1) is 5.92 Å². The molecule has 1 unspecified atom stereocenters. The second kappa shape index (κ2) is 7.10. The Labute approximate surface area is 89.5 Å². The molecule has 3 atom stereocenters. The lowest BCUT2D eigenvalue weighted by atomic mass is 10.00. The maximum Gasteiger partial charge on any atom is 0.0999 e. The number of halogens is 2. The van der Waals surface area contributed by atoms with E-state index in [-0.39, 0.29) is 0 Å². The molecule has 0 spiro atoms. The van der Waals surface area contributed by atoms with Crippen molar-refractivity contribution < 1.29 is 4.39 Å². The summed E-state index contributed by atoms with van der Waals surface area (Å²) in [4.78, 5) is 0. The summed E-state index contributed by atoms with van der Waals surface area (Å²) in [5.41, 5.74) is 0. The lowest BCUT2D eigenvalue weighted by Crippen LogP contribution is -2.12. The molecule has 0 saturated carbocycles. The fourth-order valence-electron chi connectivity index (χ4n) is 1.08. The van der Waals surface area contributed by atoms with Gasteiger partial charge in [0, 0.05) is 3.92 Å². The minimum absolute atomic E-state index is 0.577. The highest BCUT2D eigenvalue weighted by Crippen LogP contribution is 2.23. The highest BCUT2D eigenvalue weighted by molar-refractivity contribution is 14.1. The SMILES string of the molecule is CC[C@@H](F)CCC(I)[C@H](C)CC. The number of alkyl halides is 2. The van der Waals surface area contributed by atoms with Crippen molar-refractivity contribution in [3.05, 3.63) is 0 Å². The third-order valence-corrected chi connectivity index (χ3v) is 4.31. The van der Waals surface area contributed by atoms with Gasteiger partial charge in [-0.1, -0.05) is 49.8 Å². The molecule has 0 bridgehead atoms. The summed E-state index contributed by atoms with van der Waals surface area (Å²) in [5.74, 6) is 0.731. The lowest BCUT2D eigenvalue weighted by Gasteiger charge is -2.17. The molecular weight excluding hydrogens is 266 g/mol. The zero-order valence-electron chi connectivity index (χ0n) is 8.32. The van der Waals surface area contributed by atoms with E-state index in [2.05, 4.69) is 36.4 Å². The predicted molar refractivity (Wildman–Crippen MR) is 61.7 cm³/mol. The van der Waals surface area contributed by atoms with E-state index in [4.69, 9.17) is 0 Å². The number of hydrogen-bond acceptors (Lipinski definition) is 0. The van der Waals surface area contributed by atoms with E-state index in [0.717, 1.165) is 18.8 Å². The molecule has 74 valence electrons. The smallest absolute Gasteiger partial charge is 0.0999 e. The minimum Gasteiger partial charge on any atom is -0.248 e. The van der Waals surface area contributed by atoms with Crippen LogP contribution in [0.5, 0.6) is 0 Å². The molecule has 0 nitrogen and oxygen atoms in total. The molecule has 0 aromatic carbocycles. The van der Waals surface area contributed by atoms with E-state index < -0.39 is 6.17 Å². The Bertz CT molecular complexity index is 106. The van der Waals surface area contributed by atoms with Crippen LogP contribution >= 0.6 is 22.6 Å². The maximum absolute atomic E-state index is 12.9. The van der Waals surface area contributed by atoms with Crippen molar-refractivity contribution in [2.45, 2.75) is 56.6 Å². The molecule has 0 saturated heterocycles. The zero-order valence-corrected chi connectivity index (χ0v) is 10.5. The van der Waals surface area contributed by atoms with E-state index in [1.807, 2.05) is 6.92 Å². The normalized spacial score (nSPS) is 18.8. The first kappa shape index (κ1) is 12.7. The topological polar surface area (TPSA) is 0 Å². The van der Waals surface area contributed by atoms with Crippen molar-refractivity contribution in [1.82, 2.24) is 0 Å². The Balaban J connectivity index is 3.49. The van der Waals surface area contributed by atoms with Crippen LogP contribution in [0.3, 0.4) is 0 Å². The number of rotatable bonds is 6. The summed E-state index contributed by atoms with van der Waals surface area (Å²) in [5, 5.41) is 0. The molecule has 0 radical (unpaired) electrons. The molecule has 0 heterocycles. The van der Waals surface area contributed by atoms with Crippen molar-refractivity contribution in [3.63, 3.8) is 0 Å². The van der Waals surface area contributed by atoms with Gasteiger partial charge in [-0.2, -0.15) is 0 Å². The van der Waals surface area contributed by atoms with Crippen LogP contribution in [0.2, 0.25) is 0 Å². The van der Waals surface area contributed by atoms with Gasteiger partial charge in [-0.05, 0) is 25.2 Å². The van der Waals surface area contributed by atoms with Gasteiger partial charge in [0.15, 0.2) is 0 Å². The van der Waals surface area contributed by atoms with Crippen molar-refractivity contribution in [1.29, 1.82) is 0 Å². The summed E-state index contributed by atoms with van der Waals surface area (Å²) in [7, 11) is 0. The maximum atomic E-state index is 12.9. The molecule has 0 aromatic rings. The second-order valence-electron chi connectivity index (χ2n) is 3.48. The Kier molecular flexibility index (Phi) is 7.49. The van der Waals surface area contributed by atoms with E-state index in [9.17, 15) is 4.39 Å². The monoisotopic (exact) mass is 286 g/mol. The van der Waals surface area contributed by atoms with Gasteiger partial charge in [0.25, 0.3) is 0 Å². The molecule has 0 aliphatic rings. The van der Waals surface area contributed by atoms with Crippen LogP contribution in [0.1, 0.15) is 46.5 Å². The minimum atomic E-state index is -0.577. The second-order valence-corrected chi connectivity index (χ2v) is 5.08. The van der Waals surface area contributed by atoms with Crippen molar-refractivity contribution in [3.8, 4) is 0 Å². The molecule has 0 fully saturated rings. The van der Waals surface area contributed by atoms with E-state index >= 15 is 0 Å². The highest BCUT2D eigenvalue weighted by atomic mass is 127. The molecule has 0 aliphatic heterocycles. The van der Waals surface area contributed by atoms with Crippen LogP contribution in [-0.4, -0.2) is 10.1 Å². The van der Waals surface area contributed by atoms with Crippen molar-refractivity contribution >= 4 is 22.6 Å². The van der Waals surface area contributed by atoms with Crippen molar-refractivity contribution in [2.75, 3.05) is 0 Å². The van der Waals surface area contributed by atoms with Gasteiger partial charge in [-0.25, -0.2) is 4.39 Å². The molecule has 2 heteroatoms. The zero-order chi connectivity index (χ0) is 9.56. The Morgan fingerprint density at radius 3 is 2.17 bits per heavy atom. The van der Waals surface area contributed by atoms with Crippen molar-refractivity contribution in [2.24, 2.45) is 5.92 Å². The number of hydrogen-bond donors (Lipinski definition) is 0. The molecule has 0 rings (SSSR count). The average molecular weight is 286 g/mol. The first-order valence-electron chi connectivity index (χ1n) is 4.89. The summed E-state index contributed by atoms with van der Waals surface area (Å²) in [6.45, 7) is 6.36. The molecule has 0 aliphatic carbocycles. The highest BCUT2D eigenvalue weighted by Gasteiger charge is 2.13. The van der Waals surface area contributed by atoms with Gasteiger partial charge < -0.3 is 0 Å². The fraction of sp³-hybridized carbons (Fsp3) is 1.00. The van der Waals surface area contributed by atoms with Crippen LogP contribution in [-0.2, 0) is 0 Å². The average Bonchev–Trinajstić information content (AvgIpc) is 2.11. The fourth-order valence-corrected chi connectivity index (χ4v) is 1.95. The van der Waals surface area contributed by atoms with Crippen LogP contribution in [0.4, 0.5) is 4.39 Å². The predicted octanol–water partition coefficient (Wildman–Crippen LogP) is 4.36. The van der Waals surface area contributed by atoms with E-state index in [1.165, 1.54) is 6.42 Å². The van der Waals surface area contributed by atoms with Gasteiger partial charge in [0.2, 0.25) is 0 Å². The summed E-state index contributed by atoms with van der Waals surface area (Å²) < 4.78 is 13.5.